The van der Waals surface area contributed by atoms with E-state index in [2.05, 4.69) is 128 Å². The summed E-state index contributed by atoms with van der Waals surface area (Å²) < 4.78 is 32.7. The SMILES string of the molecule is [2H]C([2H])([2H])c1ccc2cc3cc4oc5c(-c6nc7ccccc7n6-c6c(C(C)C)cc(-c7ccccc7)cc6C(C)C)cccc5c4cc3cc2n1. The smallest absolute Gasteiger partial charge is 0.149 e. The highest BCUT2D eigenvalue weighted by atomic mass is 16.3. The third-order valence-electron chi connectivity index (χ3n) is 9.81. The fourth-order valence-corrected chi connectivity index (χ4v) is 7.39. The lowest BCUT2D eigenvalue weighted by molar-refractivity contribution is 0.670. The third-order valence-corrected chi connectivity index (χ3v) is 9.81. The van der Waals surface area contributed by atoms with Gasteiger partial charge >= 0.3 is 0 Å². The van der Waals surface area contributed by atoms with Gasteiger partial charge in [0.2, 0.25) is 0 Å². The summed E-state index contributed by atoms with van der Waals surface area (Å²) in [6.07, 6.45) is 0. The number of para-hydroxylation sites is 3. The van der Waals surface area contributed by atoms with Crippen molar-refractivity contribution in [3.05, 3.63) is 138 Å². The number of hydrogen-bond acceptors (Lipinski definition) is 3. The molecule has 3 heterocycles. The highest BCUT2D eigenvalue weighted by Crippen LogP contribution is 2.43. The minimum atomic E-state index is -2.27. The second-order valence-electron chi connectivity index (χ2n) is 13.7. The van der Waals surface area contributed by atoms with Crippen LogP contribution in [0.25, 0.3) is 82.8 Å². The summed E-state index contributed by atoms with van der Waals surface area (Å²) >= 11 is 0. The van der Waals surface area contributed by atoms with Crippen molar-refractivity contribution < 1.29 is 8.53 Å². The van der Waals surface area contributed by atoms with Gasteiger partial charge in [0.25, 0.3) is 0 Å². The van der Waals surface area contributed by atoms with Gasteiger partial charge in [0.15, 0.2) is 0 Å². The highest BCUT2D eigenvalue weighted by molar-refractivity contribution is 6.14. The molecule has 9 rings (SSSR count). The molecule has 0 unspecified atom stereocenters. The fraction of sp³-hybridized carbons (Fsp3) is 0.156. The average molecular weight is 639 g/mol. The number of furan rings is 1. The molecule has 0 saturated heterocycles. The molecule has 0 amide bonds. The molecule has 0 atom stereocenters. The number of imidazole rings is 1. The first-order chi connectivity index (χ1) is 25.0. The maximum absolute atomic E-state index is 7.85. The molecule has 0 radical (unpaired) electrons. The second-order valence-corrected chi connectivity index (χ2v) is 13.7. The number of fused-ring (bicyclic) bond motifs is 6. The molecule has 238 valence electrons. The van der Waals surface area contributed by atoms with Gasteiger partial charge in [-0.15, -0.1) is 0 Å². The molecule has 0 saturated carbocycles. The van der Waals surface area contributed by atoms with Crippen molar-refractivity contribution >= 4 is 54.6 Å². The summed E-state index contributed by atoms with van der Waals surface area (Å²) in [5.74, 6) is 1.33. The van der Waals surface area contributed by atoms with Gasteiger partial charge in [-0.25, -0.2) is 4.98 Å². The zero-order valence-electron chi connectivity index (χ0n) is 31.0. The summed E-state index contributed by atoms with van der Waals surface area (Å²) in [7, 11) is 0. The Balaban J connectivity index is 1.31. The molecule has 4 heteroatoms. The molecular weight excluding hydrogens is 599 g/mol. The van der Waals surface area contributed by atoms with Crippen LogP contribution in [0.3, 0.4) is 0 Å². The normalized spacial score (nSPS) is 13.3. The highest BCUT2D eigenvalue weighted by Gasteiger charge is 2.25. The number of aryl methyl sites for hydroxylation is 1. The lowest BCUT2D eigenvalue weighted by Gasteiger charge is -2.24. The van der Waals surface area contributed by atoms with Gasteiger partial charge in [-0.3, -0.25) is 9.55 Å². The molecule has 0 spiro atoms. The van der Waals surface area contributed by atoms with E-state index in [1.165, 1.54) is 27.9 Å². The van der Waals surface area contributed by atoms with E-state index in [-0.39, 0.29) is 17.5 Å². The number of pyridine rings is 1. The van der Waals surface area contributed by atoms with Crippen molar-refractivity contribution in [2.75, 3.05) is 0 Å². The van der Waals surface area contributed by atoms with Gasteiger partial charge in [-0.05, 0) is 112 Å². The summed E-state index contributed by atoms with van der Waals surface area (Å²) in [6.45, 7) is 6.80. The van der Waals surface area contributed by atoms with Gasteiger partial charge in [0, 0.05) is 26.0 Å². The molecule has 49 heavy (non-hydrogen) atoms. The first kappa shape index (κ1) is 26.2. The lowest BCUT2D eigenvalue weighted by Crippen LogP contribution is -2.09. The van der Waals surface area contributed by atoms with Gasteiger partial charge in [-0.1, -0.05) is 88.4 Å². The Labute approximate surface area is 289 Å². The Hall–Kier alpha value is -5.74. The maximum Gasteiger partial charge on any atom is 0.149 e. The van der Waals surface area contributed by atoms with Gasteiger partial charge in [-0.2, -0.15) is 0 Å². The molecule has 0 aliphatic rings. The van der Waals surface area contributed by atoms with Crippen LogP contribution in [0.15, 0.2) is 126 Å². The van der Waals surface area contributed by atoms with Crippen LogP contribution in [0.4, 0.5) is 0 Å². The predicted molar refractivity (Wildman–Crippen MR) is 205 cm³/mol. The Kier molecular flexibility index (Phi) is 5.98. The van der Waals surface area contributed by atoms with E-state index in [9.17, 15) is 0 Å². The third kappa shape index (κ3) is 4.74. The molecule has 0 N–H and O–H groups in total. The van der Waals surface area contributed by atoms with Crippen molar-refractivity contribution in [2.45, 2.75) is 46.4 Å². The lowest BCUT2D eigenvalue weighted by atomic mass is 9.88. The Morgan fingerprint density at radius 2 is 1.37 bits per heavy atom. The number of nitrogens with zero attached hydrogens (tertiary/aromatic N) is 3. The summed E-state index contributed by atoms with van der Waals surface area (Å²) in [4.78, 5) is 9.83. The molecule has 0 bridgehead atoms. The first-order valence-electron chi connectivity index (χ1n) is 18.5. The largest absolute Gasteiger partial charge is 0.455 e. The topological polar surface area (TPSA) is 43.9 Å². The quantitative estimate of drug-likeness (QED) is 0.176. The maximum atomic E-state index is 7.85. The minimum absolute atomic E-state index is 0.0951. The fourth-order valence-electron chi connectivity index (χ4n) is 7.39. The summed E-state index contributed by atoms with van der Waals surface area (Å²) in [6, 6.07) is 41.6. The monoisotopic (exact) mass is 638 g/mol. The van der Waals surface area contributed by atoms with Crippen LogP contribution >= 0.6 is 0 Å². The minimum Gasteiger partial charge on any atom is -0.455 e. The summed E-state index contributed by atoms with van der Waals surface area (Å²) in [5, 5.41) is 4.82. The van der Waals surface area contributed by atoms with E-state index >= 15 is 0 Å². The van der Waals surface area contributed by atoms with E-state index in [1.54, 1.807) is 6.07 Å². The van der Waals surface area contributed by atoms with Crippen molar-refractivity contribution in [1.82, 2.24) is 14.5 Å². The van der Waals surface area contributed by atoms with Crippen LogP contribution in [0.2, 0.25) is 0 Å². The number of hydrogen-bond donors (Lipinski definition) is 0. The van der Waals surface area contributed by atoms with Crippen LogP contribution in [-0.2, 0) is 0 Å². The molecule has 3 aromatic heterocycles. The van der Waals surface area contributed by atoms with Gasteiger partial charge < -0.3 is 4.42 Å². The molecule has 9 aromatic rings. The molecular formula is C45H37N3O. The van der Waals surface area contributed by atoms with Crippen LogP contribution < -0.4 is 0 Å². The molecule has 4 nitrogen and oxygen atoms in total. The van der Waals surface area contributed by atoms with Crippen LogP contribution in [0.5, 0.6) is 0 Å². The predicted octanol–water partition coefficient (Wildman–Crippen LogP) is 12.5. The van der Waals surface area contributed by atoms with Crippen LogP contribution in [0, 0.1) is 6.85 Å². The summed E-state index contributed by atoms with van der Waals surface area (Å²) in [5.41, 5.74) is 11.3. The second kappa shape index (κ2) is 11.2. The Morgan fingerprint density at radius 1 is 0.612 bits per heavy atom. The van der Waals surface area contributed by atoms with Crippen LogP contribution in [0.1, 0.15) is 60.5 Å². The average Bonchev–Trinajstić information content (AvgIpc) is 3.70. The van der Waals surface area contributed by atoms with Crippen molar-refractivity contribution in [1.29, 1.82) is 0 Å². The van der Waals surface area contributed by atoms with Gasteiger partial charge in [0.1, 0.15) is 17.0 Å². The molecule has 0 aliphatic carbocycles. The first-order valence-corrected chi connectivity index (χ1v) is 17.0. The standard InChI is InChI=1S/C45H37N3O/c1-26(2)36-21-32(29-12-7-6-8-13-29)22-37(27(3)4)43(36)48-41-17-10-9-16-39(41)47-45(48)35-15-11-14-34-38-23-33-24-40-30(19-18-28(5)46-40)20-31(33)25-42(38)49-44(34)35/h6-27H,1-5H3/i5D3. The van der Waals surface area contributed by atoms with E-state index in [1.807, 2.05) is 24.3 Å². The van der Waals surface area contributed by atoms with Crippen molar-refractivity contribution in [3.63, 3.8) is 0 Å². The van der Waals surface area contributed by atoms with Gasteiger partial charge in [0.05, 0.1) is 27.8 Å². The molecule has 0 fully saturated rings. The van der Waals surface area contributed by atoms with E-state index < -0.39 is 6.85 Å². The number of benzene rings is 6. The van der Waals surface area contributed by atoms with E-state index in [0.717, 1.165) is 60.5 Å². The number of rotatable bonds is 5. The number of aromatic nitrogens is 3. The Morgan fingerprint density at radius 3 is 2.14 bits per heavy atom. The van der Waals surface area contributed by atoms with Crippen molar-refractivity contribution in [2.24, 2.45) is 0 Å². The van der Waals surface area contributed by atoms with Crippen LogP contribution in [-0.4, -0.2) is 14.5 Å². The molecule has 6 aromatic carbocycles. The molecule has 0 aliphatic heterocycles. The zero-order chi connectivity index (χ0) is 35.9. The Bertz CT molecular complexity index is 2820. The van der Waals surface area contributed by atoms with E-state index in [0.29, 0.717) is 5.52 Å². The zero-order valence-corrected chi connectivity index (χ0v) is 28.0. The van der Waals surface area contributed by atoms with Crippen molar-refractivity contribution in [3.8, 4) is 28.2 Å². The van der Waals surface area contributed by atoms with E-state index in [4.69, 9.17) is 13.5 Å².